The number of nitrogens with zero attached hydrogens (tertiary/aromatic N) is 3. The molecule has 0 N–H and O–H groups in total. The minimum Gasteiger partial charge on any atom is -0.468 e. The number of carbonyl (C=O) groups is 4. The molecule has 1 fully saturated rings. The summed E-state index contributed by atoms with van der Waals surface area (Å²) in [5.74, 6) is 0.715. The first-order valence-corrected chi connectivity index (χ1v) is 27.1. The topological polar surface area (TPSA) is 126 Å². The second-order valence-electron chi connectivity index (χ2n) is 18.7. The Labute approximate surface area is 398 Å². The van der Waals surface area contributed by atoms with Gasteiger partial charge in [-0.05, 0) is 77.7 Å². The number of esters is 3. The predicted molar refractivity (Wildman–Crippen MR) is 265 cm³/mol. The Hall–Kier alpha value is -2.95. The fraction of sp³-hybridized carbons (Fsp3) is 0.870. The van der Waals surface area contributed by atoms with Crippen molar-refractivity contribution in [3.63, 3.8) is 0 Å². The molecule has 1 saturated heterocycles. The minimum absolute atomic E-state index is 0.00224. The van der Waals surface area contributed by atoms with Gasteiger partial charge in [-0.2, -0.15) is 0 Å². The van der Waals surface area contributed by atoms with E-state index in [0.29, 0.717) is 45.5 Å². The SMILES string of the molecule is CCCCCCCCC(CCCCCCCC)OC(=O)CCCCCCCOC=O.CCCCCCCCCCCOC(=O)CCCCCN1CCC(OC(=O)CCn2ccnc2C)C1. The summed E-state index contributed by atoms with van der Waals surface area (Å²) in [5, 5.41) is 0. The van der Waals surface area contributed by atoms with Gasteiger partial charge in [0.25, 0.3) is 6.47 Å². The summed E-state index contributed by atoms with van der Waals surface area (Å²) in [4.78, 5) is 53.0. The highest BCUT2D eigenvalue weighted by Gasteiger charge is 2.25. The van der Waals surface area contributed by atoms with Gasteiger partial charge in [0, 0.05) is 44.9 Å². The Balaban J connectivity index is 0.000000659. The average molecular weight is 918 g/mol. The minimum atomic E-state index is -0.133. The van der Waals surface area contributed by atoms with Crippen LogP contribution in [0.2, 0.25) is 0 Å². The first kappa shape index (κ1) is 60.1. The maximum atomic E-state index is 12.3. The summed E-state index contributed by atoms with van der Waals surface area (Å²) >= 11 is 0. The lowest BCUT2D eigenvalue weighted by Gasteiger charge is -2.18. The first-order valence-electron chi connectivity index (χ1n) is 27.1. The molecule has 1 aliphatic heterocycles. The Morgan fingerprint density at radius 2 is 1.12 bits per heavy atom. The van der Waals surface area contributed by atoms with Gasteiger partial charge in [0.2, 0.25) is 0 Å². The normalized spacial score (nSPS) is 13.7. The van der Waals surface area contributed by atoms with Crippen molar-refractivity contribution in [2.75, 3.05) is 32.8 Å². The molecule has 0 aliphatic carbocycles. The largest absolute Gasteiger partial charge is 0.468 e. The van der Waals surface area contributed by atoms with Gasteiger partial charge in [0.1, 0.15) is 18.0 Å². The lowest BCUT2D eigenvalue weighted by atomic mass is 10.0. The number of unbranched alkanes of at least 4 members (excludes halogenated alkanes) is 24. The van der Waals surface area contributed by atoms with Crippen LogP contribution >= 0.6 is 0 Å². The number of hydrogen-bond acceptors (Lipinski definition) is 10. The van der Waals surface area contributed by atoms with E-state index < -0.39 is 0 Å². The molecule has 11 heteroatoms. The first-order chi connectivity index (χ1) is 31.8. The molecule has 1 aromatic rings. The summed E-state index contributed by atoms with van der Waals surface area (Å²) < 4.78 is 23.6. The molecule has 1 atom stereocenters. The summed E-state index contributed by atoms with van der Waals surface area (Å²) in [6.07, 6.45) is 43.0. The van der Waals surface area contributed by atoms with Crippen molar-refractivity contribution in [1.82, 2.24) is 14.5 Å². The van der Waals surface area contributed by atoms with Gasteiger partial charge < -0.3 is 23.5 Å². The molecule has 0 spiro atoms. The van der Waals surface area contributed by atoms with Gasteiger partial charge in [-0.1, -0.05) is 162 Å². The Kier molecular flexibility index (Phi) is 41.5. The number of carbonyl (C=O) groups excluding carboxylic acids is 4. The molecular formula is C54H99N3O8. The van der Waals surface area contributed by atoms with Gasteiger partial charge >= 0.3 is 17.9 Å². The number of aryl methyl sites for hydroxylation is 2. The molecule has 0 amide bonds. The smallest absolute Gasteiger partial charge is 0.307 e. The van der Waals surface area contributed by atoms with Crippen molar-refractivity contribution >= 4 is 24.4 Å². The van der Waals surface area contributed by atoms with Gasteiger partial charge in [-0.15, -0.1) is 0 Å². The zero-order valence-corrected chi connectivity index (χ0v) is 42.5. The van der Waals surface area contributed by atoms with Crippen LogP contribution in [-0.4, -0.2) is 83.9 Å². The van der Waals surface area contributed by atoms with Crippen LogP contribution in [0.3, 0.4) is 0 Å². The van der Waals surface area contributed by atoms with Crippen LogP contribution < -0.4 is 0 Å². The second kappa shape index (κ2) is 44.9. The monoisotopic (exact) mass is 918 g/mol. The van der Waals surface area contributed by atoms with Crippen LogP contribution in [0.4, 0.5) is 0 Å². The van der Waals surface area contributed by atoms with Crippen molar-refractivity contribution in [2.45, 2.75) is 271 Å². The molecule has 1 aromatic heterocycles. The molecule has 11 nitrogen and oxygen atoms in total. The van der Waals surface area contributed by atoms with Gasteiger partial charge in [-0.3, -0.25) is 24.1 Å². The third kappa shape index (κ3) is 37.8. The van der Waals surface area contributed by atoms with Crippen LogP contribution in [0, 0.1) is 6.92 Å². The number of aromatic nitrogens is 2. The molecule has 0 aromatic carbocycles. The van der Waals surface area contributed by atoms with Crippen molar-refractivity contribution in [1.29, 1.82) is 0 Å². The summed E-state index contributed by atoms with van der Waals surface area (Å²) in [5.41, 5.74) is 0. The number of rotatable bonds is 44. The molecular weight excluding hydrogens is 819 g/mol. The molecule has 1 aliphatic rings. The highest BCUT2D eigenvalue weighted by Crippen LogP contribution is 2.19. The lowest BCUT2D eigenvalue weighted by molar-refractivity contribution is -0.150. The number of likely N-dealkylation sites (tertiary alicyclic amines) is 1. The maximum absolute atomic E-state index is 12.3. The van der Waals surface area contributed by atoms with Crippen LogP contribution in [0.15, 0.2) is 12.4 Å². The van der Waals surface area contributed by atoms with Crippen LogP contribution in [-0.2, 0) is 44.7 Å². The van der Waals surface area contributed by atoms with E-state index in [2.05, 4.69) is 35.4 Å². The number of ether oxygens (including phenoxy) is 4. The average Bonchev–Trinajstić information content (AvgIpc) is 3.94. The van der Waals surface area contributed by atoms with E-state index in [1.54, 1.807) is 6.20 Å². The lowest BCUT2D eigenvalue weighted by Crippen LogP contribution is -2.26. The van der Waals surface area contributed by atoms with E-state index >= 15 is 0 Å². The van der Waals surface area contributed by atoms with Crippen molar-refractivity contribution in [3.05, 3.63) is 18.2 Å². The van der Waals surface area contributed by atoms with Crippen molar-refractivity contribution in [2.24, 2.45) is 0 Å². The fourth-order valence-electron chi connectivity index (χ4n) is 8.49. The van der Waals surface area contributed by atoms with E-state index in [1.165, 1.54) is 122 Å². The highest BCUT2D eigenvalue weighted by atomic mass is 16.5. The molecule has 2 rings (SSSR count). The molecule has 2 heterocycles. The van der Waals surface area contributed by atoms with Crippen molar-refractivity contribution < 1.29 is 38.1 Å². The molecule has 0 saturated carbocycles. The van der Waals surface area contributed by atoms with E-state index in [9.17, 15) is 19.2 Å². The molecule has 378 valence electrons. The second-order valence-corrected chi connectivity index (χ2v) is 18.7. The molecule has 0 radical (unpaired) electrons. The zero-order chi connectivity index (χ0) is 47.3. The highest BCUT2D eigenvalue weighted by molar-refractivity contribution is 5.70. The van der Waals surface area contributed by atoms with Gasteiger partial charge in [-0.25, -0.2) is 4.98 Å². The summed E-state index contributed by atoms with van der Waals surface area (Å²) in [6.45, 7) is 13.7. The van der Waals surface area contributed by atoms with Gasteiger partial charge in [0.15, 0.2) is 0 Å². The third-order valence-electron chi connectivity index (χ3n) is 12.6. The Morgan fingerprint density at radius 1 is 0.615 bits per heavy atom. The van der Waals surface area contributed by atoms with Crippen LogP contribution in [0.25, 0.3) is 0 Å². The fourth-order valence-corrected chi connectivity index (χ4v) is 8.49. The van der Waals surface area contributed by atoms with Crippen LogP contribution in [0.5, 0.6) is 0 Å². The quantitative estimate of drug-likeness (QED) is 0.0270. The third-order valence-corrected chi connectivity index (χ3v) is 12.6. The predicted octanol–water partition coefficient (Wildman–Crippen LogP) is 13.7. The summed E-state index contributed by atoms with van der Waals surface area (Å²) in [6, 6.07) is 0. The number of hydrogen-bond donors (Lipinski definition) is 0. The molecule has 65 heavy (non-hydrogen) atoms. The molecule has 1 unspecified atom stereocenters. The van der Waals surface area contributed by atoms with E-state index in [4.69, 9.17) is 14.2 Å². The van der Waals surface area contributed by atoms with Gasteiger partial charge in [0.05, 0.1) is 19.6 Å². The zero-order valence-electron chi connectivity index (χ0n) is 42.5. The van der Waals surface area contributed by atoms with Crippen LogP contribution in [0.1, 0.15) is 251 Å². The van der Waals surface area contributed by atoms with E-state index in [-0.39, 0.29) is 30.1 Å². The van der Waals surface area contributed by atoms with Crippen molar-refractivity contribution in [3.8, 4) is 0 Å². The van der Waals surface area contributed by atoms with E-state index in [1.807, 2.05) is 17.7 Å². The number of imidazole rings is 1. The Bertz CT molecular complexity index is 1240. The standard InChI is InChI=1S/C28H49N3O4.C26H50O4/c1-3-4-5-6-7-8-9-10-14-23-34-27(32)15-12-11-13-19-30-20-16-26(24-30)35-28(33)17-21-31-22-18-29-25(31)2;1-3-5-7-9-12-16-20-25(21-17-13-10-8-6-4-2)30-26(28)22-18-14-11-15-19-23-29-24-27/h18,22,26H,3-17,19-21,23-24H2,1-2H3;24-25H,3-23H2,1-2H3. The summed E-state index contributed by atoms with van der Waals surface area (Å²) in [7, 11) is 0. The van der Waals surface area contributed by atoms with E-state index in [0.717, 1.165) is 109 Å². The molecule has 0 bridgehead atoms. The maximum Gasteiger partial charge on any atom is 0.307 e. The Morgan fingerprint density at radius 3 is 1.68 bits per heavy atom.